The van der Waals surface area contributed by atoms with Crippen molar-refractivity contribution >= 4 is 11.6 Å². The first-order valence-electron chi connectivity index (χ1n) is 6.11. The summed E-state index contributed by atoms with van der Waals surface area (Å²) in [5, 5.41) is 3.05. The van der Waals surface area contributed by atoms with Gasteiger partial charge in [-0.2, -0.15) is 0 Å². The third-order valence-electron chi connectivity index (χ3n) is 4.03. The largest absolute Gasteiger partial charge is 0.397 e. The Labute approximate surface area is 107 Å². The minimum absolute atomic E-state index is 0.0267. The van der Waals surface area contributed by atoms with Crippen LogP contribution in [0.5, 0.6) is 0 Å². The second-order valence-corrected chi connectivity index (χ2v) is 5.58. The zero-order valence-corrected chi connectivity index (χ0v) is 11.4. The summed E-state index contributed by atoms with van der Waals surface area (Å²) < 4.78 is 7.11. The Morgan fingerprint density at radius 1 is 1.61 bits per heavy atom. The SMILES string of the molecule is COC1CC(NC(=O)c2cc(N)cn2C)C1(C)C. The predicted molar refractivity (Wildman–Crippen MR) is 70.3 cm³/mol. The molecule has 0 aromatic carbocycles. The summed E-state index contributed by atoms with van der Waals surface area (Å²) in [6, 6.07) is 1.83. The van der Waals surface area contributed by atoms with Crippen LogP contribution in [0.15, 0.2) is 12.3 Å². The highest BCUT2D eigenvalue weighted by atomic mass is 16.5. The molecule has 0 spiro atoms. The van der Waals surface area contributed by atoms with Crippen LogP contribution in [0.25, 0.3) is 0 Å². The van der Waals surface area contributed by atoms with E-state index in [1.807, 2.05) is 7.05 Å². The maximum atomic E-state index is 12.1. The number of amides is 1. The first kappa shape index (κ1) is 13.0. The van der Waals surface area contributed by atoms with Crippen LogP contribution in [0.4, 0.5) is 5.69 Å². The number of ether oxygens (including phenoxy) is 1. The molecular weight excluding hydrogens is 230 g/mol. The number of nitrogens with two attached hydrogens (primary N) is 1. The van der Waals surface area contributed by atoms with Crippen LogP contribution in [-0.4, -0.2) is 29.7 Å². The standard InChI is InChI=1S/C13H21N3O2/c1-13(2)10(6-11(13)18-4)15-12(17)9-5-8(14)7-16(9)3/h5,7,10-11H,6,14H2,1-4H3,(H,15,17). The molecule has 2 atom stereocenters. The molecule has 18 heavy (non-hydrogen) atoms. The van der Waals surface area contributed by atoms with E-state index in [1.165, 1.54) is 0 Å². The number of aryl methyl sites for hydroxylation is 1. The van der Waals surface area contributed by atoms with Crippen LogP contribution in [0.3, 0.4) is 0 Å². The Kier molecular flexibility index (Phi) is 3.11. The molecule has 1 aromatic heterocycles. The fourth-order valence-corrected chi connectivity index (χ4v) is 2.58. The van der Waals surface area contributed by atoms with Gasteiger partial charge in [-0.3, -0.25) is 4.79 Å². The number of aromatic nitrogens is 1. The van der Waals surface area contributed by atoms with Crippen molar-refractivity contribution in [3.05, 3.63) is 18.0 Å². The van der Waals surface area contributed by atoms with Gasteiger partial charge in [-0.1, -0.05) is 13.8 Å². The first-order chi connectivity index (χ1) is 8.36. The number of carbonyl (C=O) groups is 1. The Hall–Kier alpha value is -1.49. The summed E-state index contributed by atoms with van der Waals surface area (Å²) >= 11 is 0. The van der Waals surface area contributed by atoms with Crippen molar-refractivity contribution in [2.24, 2.45) is 12.5 Å². The molecule has 100 valence electrons. The Morgan fingerprint density at radius 3 is 2.72 bits per heavy atom. The van der Waals surface area contributed by atoms with Crippen LogP contribution < -0.4 is 11.1 Å². The van der Waals surface area contributed by atoms with Gasteiger partial charge >= 0.3 is 0 Å². The maximum absolute atomic E-state index is 12.1. The highest BCUT2D eigenvalue weighted by Gasteiger charge is 2.49. The topological polar surface area (TPSA) is 69.3 Å². The van der Waals surface area contributed by atoms with Gasteiger partial charge in [0, 0.05) is 31.8 Å². The molecule has 1 aliphatic carbocycles. The number of carbonyl (C=O) groups excluding carboxylic acids is 1. The Bertz CT molecular complexity index is 465. The molecule has 3 N–H and O–H groups in total. The molecule has 5 nitrogen and oxygen atoms in total. The number of nitrogen functional groups attached to an aromatic ring is 1. The van der Waals surface area contributed by atoms with E-state index in [2.05, 4.69) is 19.2 Å². The highest BCUT2D eigenvalue weighted by molar-refractivity contribution is 5.94. The summed E-state index contributed by atoms with van der Waals surface area (Å²) in [5.41, 5.74) is 6.83. The monoisotopic (exact) mass is 251 g/mol. The van der Waals surface area contributed by atoms with Gasteiger partial charge in [-0.15, -0.1) is 0 Å². The van der Waals surface area contributed by atoms with Crippen molar-refractivity contribution in [2.75, 3.05) is 12.8 Å². The van der Waals surface area contributed by atoms with Crippen molar-refractivity contribution in [1.29, 1.82) is 0 Å². The fraction of sp³-hybridized carbons (Fsp3) is 0.615. The smallest absolute Gasteiger partial charge is 0.268 e. The lowest BCUT2D eigenvalue weighted by Crippen LogP contribution is -2.61. The second kappa shape index (κ2) is 4.31. The lowest BCUT2D eigenvalue weighted by atomic mass is 9.64. The molecular formula is C13H21N3O2. The molecule has 2 unspecified atom stereocenters. The van der Waals surface area contributed by atoms with Crippen molar-refractivity contribution in [3.63, 3.8) is 0 Å². The van der Waals surface area contributed by atoms with Crippen LogP contribution in [0.2, 0.25) is 0 Å². The number of hydrogen-bond acceptors (Lipinski definition) is 3. The summed E-state index contributed by atoms with van der Waals surface area (Å²) in [7, 11) is 3.53. The molecule has 1 saturated carbocycles. The van der Waals surface area contributed by atoms with Crippen molar-refractivity contribution < 1.29 is 9.53 Å². The summed E-state index contributed by atoms with van der Waals surface area (Å²) in [6.07, 6.45) is 2.80. The molecule has 0 aliphatic heterocycles. The molecule has 5 heteroatoms. The lowest BCUT2D eigenvalue weighted by molar-refractivity contribution is -0.0942. The summed E-state index contributed by atoms with van der Waals surface area (Å²) in [5.74, 6) is -0.0816. The Morgan fingerprint density at radius 2 is 2.28 bits per heavy atom. The molecule has 0 bridgehead atoms. The van der Waals surface area contributed by atoms with E-state index >= 15 is 0 Å². The van der Waals surface area contributed by atoms with Gasteiger partial charge in [-0.25, -0.2) is 0 Å². The average Bonchev–Trinajstić information content (AvgIpc) is 2.63. The van der Waals surface area contributed by atoms with Crippen molar-refractivity contribution in [1.82, 2.24) is 9.88 Å². The van der Waals surface area contributed by atoms with E-state index in [0.29, 0.717) is 11.4 Å². The third kappa shape index (κ3) is 1.99. The van der Waals surface area contributed by atoms with E-state index < -0.39 is 0 Å². The lowest BCUT2D eigenvalue weighted by Gasteiger charge is -2.51. The number of nitrogens with zero attached hydrogens (tertiary/aromatic N) is 1. The van der Waals surface area contributed by atoms with Gasteiger partial charge in [0.05, 0.1) is 11.8 Å². The number of hydrogen-bond donors (Lipinski definition) is 2. The molecule has 0 radical (unpaired) electrons. The molecule has 1 heterocycles. The number of methoxy groups -OCH3 is 1. The molecule has 1 aliphatic rings. The van der Waals surface area contributed by atoms with E-state index in [-0.39, 0.29) is 23.5 Å². The van der Waals surface area contributed by atoms with Crippen LogP contribution in [0.1, 0.15) is 30.8 Å². The van der Waals surface area contributed by atoms with Gasteiger partial charge < -0.3 is 20.4 Å². The number of rotatable bonds is 3. The molecule has 1 fully saturated rings. The predicted octanol–water partition coefficient (Wildman–Crippen LogP) is 1.15. The van der Waals surface area contributed by atoms with E-state index in [4.69, 9.17) is 10.5 Å². The van der Waals surface area contributed by atoms with Gasteiger partial charge in [-0.05, 0) is 12.5 Å². The minimum Gasteiger partial charge on any atom is -0.397 e. The van der Waals surface area contributed by atoms with E-state index in [0.717, 1.165) is 6.42 Å². The molecule has 1 aromatic rings. The van der Waals surface area contributed by atoms with Crippen molar-refractivity contribution in [2.45, 2.75) is 32.4 Å². The number of nitrogens with one attached hydrogen (secondary N) is 1. The van der Waals surface area contributed by atoms with E-state index in [9.17, 15) is 4.79 Å². The van der Waals surface area contributed by atoms with Crippen LogP contribution in [0, 0.1) is 5.41 Å². The fourth-order valence-electron chi connectivity index (χ4n) is 2.58. The normalized spacial score (nSPS) is 25.6. The van der Waals surface area contributed by atoms with Crippen LogP contribution >= 0.6 is 0 Å². The van der Waals surface area contributed by atoms with Crippen molar-refractivity contribution in [3.8, 4) is 0 Å². The second-order valence-electron chi connectivity index (χ2n) is 5.58. The van der Waals surface area contributed by atoms with Crippen LogP contribution in [-0.2, 0) is 11.8 Å². The van der Waals surface area contributed by atoms with E-state index in [1.54, 1.807) is 23.9 Å². The Balaban J connectivity index is 2.04. The van der Waals surface area contributed by atoms with Gasteiger partial charge in [0.2, 0.25) is 0 Å². The quantitative estimate of drug-likeness (QED) is 0.846. The molecule has 1 amide bonds. The first-order valence-corrected chi connectivity index (χ1v) is 6.11. The summed E-state index contributed by atoms with van der Waals surface area (Å²) in [4.78, 5) is 12.1. The number of anilines is 1. The minimum atomic E-state index is -0.0816. The zero-order chi connectivity index (χ0) is 13.5. The highest BCUT2D eigenvalue weighted by Crippen LogP contribution is 2.42. The molecule has 2 rings (SSSR count). The maximum Gasteiger partial charge on any atom is 0.268 e. The average molecular weight is 251 g/mol. The van der Waals surface area contributed by atoms with Gasteiger partial charge in [0.25, 0.3) is 5.91 Å². The van der Waals surface area contributed by atoms with Gasteiger partial charge in [0.15, 0.2) is 0 Å². The third-order valence-corrected chi connectivity index (χ3v) is 4.03. The molecule has 0 saturated heterocycles. The zero-order valence-electron chi connectivity index (χ0n) is 11.4. The summed E-state index contributed by atoms with van der Waals surface area (Å²) in [6.45, 7) is 4.21. The van der Waals surface area contributed by atoms with Gasteiger partial charge in [0.1, 0.15) is 5.69 Å².